The molecule has 0 spiro atoms. The third-order valence-electron chi connectivity index (χ3n) is 2.34. The number of hydrogen-bond acceptors (Lipinski definition) is 4. The molecular weight excluding hydrogens is 343 g/mol. The number of carboxylic acid groups (broad SMARTS) is 1. The summed E-state index contributed by atoms with van der Waals surface area (Å²) in [6.07, 6.45) is -0.757. The number of carbonyl (C=O) groups excluding carboxylic acids is 2. The van der Waals surface area contributed by atoms with E-state index in [2.05, 4.69) is 5.32 Å². The van der Waals surface area contributed by atoms with Gasteiger partial charge in [-0.2, -0.15) is 0 Å². The van der Waals surface area contributed by atoms with Gasteiger partial charge >= 0.3 is 75.0 Å². The van der Waals surface area contributed by atoms with E-state index in [1.165, 1.54) is 6.92 Å². The minimum Gasteiger partial charge on any atom is -0.548 e. The van der Waals surface area contributed by atoms with Gasteiger partial charge in [-0.3, -0.25) is 0 Å². The van der Waals surface area contributed by atoms with Gasteiger partial charge in [-0.15, -0.1) is 0 Å². The van der Waals surface area contributed by atoms with Crippen LogP contribution in [0.25, 0.3) is 0 Å². The molecule has 6 heteroatoms. The van der Waals surface area contributed by atoms with Crippen molar-refractivity contribution in [3.63, 3.8) is 0 Å². The Bertz CT molecular complexity index is 286. The second-order valence-corrected chi connectivity index (χ2v) is 5.27. The zero-order valence-electron chi connectivity index (χ0n) is 11.7. The van der Waals surface area contributed by atoms with Crippen molar-refractivity contribution in [1.82, 2.24) is 5.32 Å². The summed E-state index contributed by atoms with van der Waals surface area (Å²) < 4.78 is 4.99. The second-order valence-electron chi connectivity index (χ2n) is 5.27. The first kappa shape index (κ1) is 20.1. The fourth-order valence-electron chi connectivity index (χ4n) is 0.947. The molecule has 0 heterocycles. The molecule has 17 heavy (non-hydrogen) atoms. The first-order valence-electron chi connectivity index (χ1n) is 5.21. The van der Waals surface area contributed by atoms with Crippen molar-refractivity contribution < 1.29 is 88.3 Å². The number of rotatable bonds is 3. The molecule has 5 nitrogen and oxygen atoms in total. The predicted octanol–water partition coefficient (Wildman–Crippen LogP) is -2.32. The number of amides is 1. The zero-order valence-corrected chi connectivity index (χ0v) is 18.0. The van der Waals surface area contributed by atoms with Gasteiger partial charge in [0.05, 0.1) is 11.5 Å². The van der Waals surface area contributed by atoms with Crippen LogP contribution in [0.5, 0.6) is 0 Å². The standard InChI is InChI=1S/C11H21NO4.Cs/c1-7(2)11(6,8(13)14)12-9(15)16-10(3,4)5;/h7H,1-6H3,(H,12,15)(H,13,14);/q;+1/p-1/t11-;/m0./s1. The van der Waals surface area contributed by atoms with E-state index in [0.717, 1.165) is 0 Å². The third kappa shape index (κ3) is 7.07. The van der Waals surface area contributed by atoms with Crippen LogP contribution in [0, 0.1) is 5.92 Å². The summed E-state index contributed by atoms with van der Waals surface area (Å²) in [5, 5.41) is 13.3. The summed E-state index contributed by atoms with van der Waals surface area (Å²) in [6.45, 7) is 9.90. The first-order chi connectivity index (χ1) is 6.99. The summed E-state index contributed by atoms with van der Waals surface area (Å²) in [4.78, 5) is 22.4. The SMILES string of the molecule is CC(C)[C@](C)(NC(=O)OC(C)(C)C)C(=O)[O-].[Cs+]. The Morgan fingerprint density at radius 1 is 1.18 bits per heavy atom. The number of alkyl carbamates (subject to hydrolysis) is 1. The third-order valence-corrected chi connectivity index (χ3v) is 2.34. The molecule has 0 aliphatic heterocycles. The number of carboxylic acids is 1. The quantitative estimate of drug-likeness (QED) is 0.611. The molecular formula is C11H20CsNO4. The van der Waals surface area contributed by atoms with Gasteiger partial charge in [0, 0.05) is 0 Å². The monoisotopic (exact) mass is 363 g/mol. The molecule has 1 atom stereocenters. The molecule has 0 aliphatic carbocycles. The Morgan fingerprint density at radius 2 is 1.59 bits per heavy atom. The van der Waals surface area contributed by atoms with Crippen molar-refractivity contribution in [3.05, 3.63) is 0 Å². The normalized spacial score (nSPS) is 14.5. The molecule has 1 amide bonds. The molecule has 0 radical (unpaired) electrons. The Kier molecular flexibility index (Phi) is 8.75. The number of carbonyl (C=O) groups is 2. The van der Waals surface area contributed by atoms with E-state index in [4.69, 9.17) is 4.74 Å². The first-order valence-corrected chi connectivity index (χ1v) is 5.21. The van der Waals surface area contributed by atoms with E-state index in [-0.39, 0.29) is 74.8 Å². The van der Waals surface area contributed by atoms with Crippen molar-refractivity contribution in [2.45, 2.75) is 52.7 Å². The molecule has 0 aromatic heterocycles. The van der Waals surface area contributed by atoms with Crippen LogP contribution in [0.2, 0.25) is 0 Å². The number of ether oxygens (including phenoxy) is 1. The Morgan fingerprint density at radius 3 is 1.82 bits per heavy atom. The zero-order chi connectivity index (χ0) is 13.1. The van der Waals surface area contributed by atoms with Crippen LogP contribution in [0.4, 0.5) is 4.79 Å². The van der Waals surface area contributed by atoms with Gasteiger partial charge in [0.1, 0.15) is 5.60 Å². The van der Waals surface area contributed by atoms with Crippen molar-refractivity contribution in [2.24, 2.45) is 5.92 Å². The largest absolute Gasteiger partial charge is 1.00 e. The molecule has 0 bridgehead atoms. The number of nitrogens with one attached hydrogen (secondary N) is 1. The average molecular weight is 363 g/mol. The van der Waals surface area contributed by atoms with Crippen molar-refractivity contribution in [3.8, 4) is 0 Å². The van der Waals surface area contributed by atoms with Crippen LogP contribution >= 0.6 is 0 Å². The topological polar surface area (TPSA) is 78.5 Å². The van der Waals surface area contributed by atoms with E-state index in [1.54, 1.807) is 34.6 Å². The molecule has 0 aliphatic rings. The summed E-state index contributed by atoms with van der Waals surface area (Å²) in [7, 11) is 0. The van der Waals surface area contributed by atoms with Gasteiger partial charge in [-0.05, 0) is 33.6 Å². The van der Waals surface area contributed by atoms with Crippen LogP contribution < -0.4 is 79.3 Å². The summed E-state index contributed by atoms with van der Waals surface area (Å²) in [5.74, 6) is -1.63. The molecule has 0 saturated carbocycles. The van der Waals surface area contributed by atoms with Crippen LogP contribution in [-0.2, 0) is 9.53 Å². The maximum atomic E-state index is 11.5. The maximum absolute atomic E-state index is 11.5. The summed E-state index contributed by atoms with van der Waals surface area (Å²) in [6, 6.07) is 0. The van der Waals surface area contributed by atoms with E-state index in [0.29, 0.717) is 0 Å². The molecule has 0 saturated heterocycles. The fraction of sp³-hybridized carbons (Fsp3) is 0.818. The molecule has 0 fully saturated rings. The Labute approximate surface area is 161 Å². The van der Waals surface area contributed by atoms with E-state index < -0.39 is 23.2 Å². The Balaban J connectivity index is 0. The van der Waals surface area contributed by atoms with Crippen molar-refractivity contribution >= 4 is 12.1 Å². The van der Waals surface area contributed by atoms with Gasteiger partial charge in [-0.1, -0.05) is 13.8 Å². The molecule has 0 rings (SSSR count). The van der Waals surface area contributed by atoms with Gasteiger partial charge in [-0.25, -0.2) is 4.79 Å². The fourth-order valence-corrected chi connectivity index (χ4v) is 0.947. The van der Waals surface area contributed by atoms with Crippen molar-refractivity contribution in [1.29, 1.82) is 0 Å². The van der Waals surface area contributed by atoms with Crippen LogP contribution in [-0.4, -0.2) is 23.2 Å². The molecule has 0 aromatic carbocycles. The smallest absolute Gasteiger partial charge is 0.548 e. The minimum absolute atomic E-state index is 0. The van der Waals surface area contributed by atoms with Crippen molar-refractivity contribution in [2.75, 3.05) is 0 Å². The van der Waals surface area contributed by atoms with E-state index in [9.17, 15) is 14.7 Å². The molecule has 94 valence electrons. The second kappa shape index (κ2) is 7.40. The number of hydrogen-bond donors (Lipinski definition) is 1. The minimum atomic E-state index is -1.43. The van der Waals surface area contributed by atoms with Gasteiger partial charge in [0.2, 0.25) is 0 Å². The van der Waals surface area contributed by atoms with E-state index in [1.807, 2.05) is 0 Å². The van der Waals surface area contributed by atoms with Gasteiger partial charge in [0.15, 0.2) is 0 Å². The van der Waals surface area contributed by atoms with Gasteiger partial charge < -0.3 is 20.0 Å². The van der Waals surface area contributed by atoms with Crippen LogP contribution in [0.1, 0.15) is 41.5 Å². The summed E-state index contributed by atoms with van der Waals surface area (Å²) >= 11 is 0. The Hall–Kier alpha value is 0.792. The van der Waals surface area contributed by atoms with Crippen LogP contribution in [0.15, 0.2) is 0 Å². The summed E-state index contributed by atoms with van der Waals surface area (Å²) in [5.41, 5.74) is -2.09. The van der Waals surface area contributed by atoms with Gasteiger partial charge in [0.25, 0.3) is 0 Å². The number of aliphatic carboxylic acids is 1. The maximum Gasteiger partial charge on any atom is 1.00 e. The molecule has 0 unspecified atom stereocenters. The van der Waals surface area contributed by atoms with Crippen LogP contribution in [0.3, 0.4) is 0 Å². The molecule has 1 N–H and O–H groups in total. The molecule has 0 aromatic rings. The average Bonchev–Trinajstić information content (AvgIpc) is 1.98. The predicted molar refractivity (Wildman–Crippen MR) is 57.6 cm³/mol. The van der Waals surface area contributed by atoms with E-state index >= 15 is 0 Å².